The summed E-state index contributed by atoms with van der Waals surface area (Å²) in [6, 6.07) is 0.613. The van der Waals surface area contributed by atoms with Gasteiger partial charge in [-0.25, -0.2) is 4.98 Å². The number of anilines is 1. The van der Waals surface area contributed by atoms with E-state index in [2.05, 4.69) is 24.5 Å². The first-order chi connectivity index (χ1) is 8.85. The van der Waals surface area contributed by atoms with Crippen molar-refractivity contribution in [3.05, 3.63) is 5.82 Å². The zero-order chi connectivity index (χ0) is 12.4. The van der Waals surface area contributed by atoms with Crippen LogP contribution in [0.5, 0.6) is 0 Å². The quantitative estimate of drug-likeness (QED) is 0.818. The molecule has 1 atom stereocenters. The molecule has 0 radical (unpaired) electrons. The number of hydrogen-bond acceptors (Lipinski definition) is 7. The van der Waals surface area contributed by atoms with Crippen LogP contribution in [0, 0.1) is 0 Å². The fourth-order valence-electron chi connectivity index (χ4n) is 2.64. The Labute approximate surface area is 111 Å². The van der Waals surface area contributed by atoms with Gasteiger partial charge in [-0.2, -0.15) is 4.37 Å². The number of aromatic nitrogens is 2. The van der Waals surface area contributed by atoms with Crippen molar-refractivity contribution in [2.75, 3.05) is 51.7 Å². The Morgan fingerprint density at radius 2 is 2.22 bits per heavy atom. The van der Waals surface area contributed by atoms with Crippen molar-refractivity contribution in [1.82, 2.24) is 19.2 Å². The molecule has 1 aromatic heterocycles. The molecule has 4 heterocycles. The summed E-state index contributed by atoms with van der Waals surface area (Å²) >= 11 is 1.41. The first-order valence-electron chi connectivity index (χ1n) is 6.37. The van der Waals surface area contributed by atoms with Crippen LogP contribution < -0.4 is 5.32 Å². The third-order valence-corrected chi connectivity index (χ3v) is 4.33. The van der Waals surface area contributed by atoms with Gasteiger partial charge in [-0.1, -0.05) is 0 Å². The molecule has 1 N–H and O–H groups in total. The zero-order valence-electron chi connectivity index (χ0n) is 10.6. The molecule has 0 aromatic carbocycles. The number of methoxy groups -OCH3 is 1. The molecular formula is C11H19N5OS. The normalized spacial score (nSPS) is 30.6. The largest absolute Gasteiger partial charge is 0.377 e. The molecule has 3 saturated heterocycles. The van der Waals surface area contributed by atoms with Crippen molar-refractivity contribution in [1.29, 1.82) is 0 Å². The first-order valence-corrected chi connectivity index (χ1v) is 7.14. The summed E-state index contributed by atoms with van der Waals surface area (Å²) < 4.78 is 9.25. The molecule has 0 amide bonds. The summed E-state index contributed by atoms with van der Waals surface area (Å²) in [5, 5.41) is 4.30. The van der Waals surface area contributed by atoms with E-state index in [1.807, 2.05) is 0 Å². The molecule has 3 aliphatic heterocycles. The van der Waals surface area contributed by atoms with Gasteiger partial charge >= 0.3 is 0 Å². The first kappa shape index (κ1) is 12.3. The summed E-state index contributed by atoms with van der Waals surface area (Å²) in [5.41, 5.74) is 0. The van der Waals surface area contributed by atoms with Gasteiger partial charge in [-0.15, -0.1) is 0 Å². The highest BCUT2D eigenvalue weighted by molar-refractivity contribution is 7.09. The Morgan fingerprint density at radius 1 is 1.39 bits per heavy atom. The summed E-state index contributed by atoms with van der Waals surface area (Å²) in [5.74, 6) is 0.763. The van der Waals surface area contributed by atoms with Crippen LogP contribution in [-0.4, -0.2) is 71.6 Å². The standard InChI is InChI=1S/C11H19N5OS/c1-17-8-10-13-11(18-14-10)12-6-9-7-15-2-4-16(9)5-3-15/h9H,2-8H2,1H3,(H,12,13,14). The predicted molar refractivity (Wildman–Crippen MR) is 70.9 cm³/mol. The van der Waals surface area contributed by atoms with E-state index in [4.69, 9.17) is 4.74 Å². The molecule has 0 saturated carbocycles. The number of rotatable bonds is 5. The lowest BCUT2D eigenvalue weighted by Gasteiger charge is -2.47. The van der Waals surface area contributed by atoms with Crippen molar-refractivity contribution >= 4 is 16.7 Å². The van der Waals surface area contributed by atoms with E-state index < -0.39 is 0 Å². The van der Waals surface area contributed by atoms with Crippen LogP contribution in [0.25, 0.3) is 0 Å². The molecule has 3 aliphatic rings. The van der Waals surface area contributed by atoms with Crippen LogP contribution in [-0.2, 0) is 11.3 Å². The maximum atomic E-state index is 5.01. The molecule has 18 heavy (non-hydrogen) atoms. The molecule has 1 unspecified atom stereocenters. The molecule has 7 heteroatoms. The predicted octanol–water partition coefficient (Wildman–Crippen LogP) is 0.0962. The minimum atomic E-state index is 0.488. The Morgan fingerprint density at radius 3 is 2.89 bits per heavy atom. The van der Waals surface area contributed by atoms with E-state index in [1.165, 1.54) is 44.3 Å². The second kappa shape index (κ2) is 5.48. The monoisotopic (exact) mass is 269 g/mol. The van der Waals surface area contributed by atoms with Crippen molar-refractivity contribution < 1.29 is 4.74 Å². The molecule has 0 aliphatic carbocycles. The van der Waals surface area contributed by atoms with Gasteiger partial charge in [0, 0.05) is 64.0 Å². The Balaban J connectivity index is 1.51. The maximum absolute atomic E-state index is 5.01. The highest BCUT2D eigenvalue weighted by atomic mass is 32.1. The van der Waals surface area contributed by atoms with Crippen LogP contribution >= 0.6 is 11.5 Å². The molecule has 0 spiro atoms. The molecule has 4 rings (SSSR count). The number of ether oxygens (including phenoxy) is 1. The highest BCUT2D eigenvalue weighted by Gasteiger charge is 2.31. The van der Waals surface area contributed by atoms with Gasteiger partial charge in [0.15, 0.2) is 5.82 Å². The third-order valence-electron chi connectivity index (χ3n) is 3.62. The van der Waals surface area contributed by atoms with E-state index >= 15 is 0 Å². The highest BCUT2D eigenvalue weighted by Crippen LogP contribution is 2.17. The number of hydrogen-bond donors (Lipinski definition) is 1. The molecular weight excluding hydrogens is 250 g/mol. The van der Waals surface area contributed by atoms with Gasteiger partial charge in [-0.3, -0.25) is 9.80 Å². The van der Waals surface area contributed by atoms with Crippen molar-refractivity contribution in [3.8, 4) is 0 Å². The Kier molecular flexibility index (Phi) is 3.74. The van der Waals surface area contributed by atoms with E-state index in [9.17, 15) is 0 Å². The minimum absolute atomic E-state index is 0.488. The van der Waals surface area contributed by atoms with Crippen LogP contribution in [0.2, 0.25) is 0 Å². The van der Waals surface area contributed by atoms with Gasteiger partial charge in [0.1, 0.15) is 6.61 Å². The molecule has 3 fully saturated rings. The van der Waals surface area contributed by atoms with E-state index in [1.54, 1.807) is 7.11 Å². The average Bonchev–Trinajstić information content (AvgIpc) is 2.86. The van der Waals surface area contributed by atoms with Crippen LogP contribution in [0.3, 0.4) is 0 Å². The zero-order valence-corrected chi connectivity index (χ0v) is 11.4. The second-order valence-corrected chi connectivity index (χ2v) is 5.57. The SMILES string of the molecule is COCc1nsc(NCC2CN3CCN2CC3)n1. The Hall–Kier alpha value is -0.760. The van der Waals surface area contributed by atoms with Gasteiger partial charge in [0.05, 0.1) is 0 Å². The lowest BCUT2D eigenvalue weighted by Crippen LogP contribution is -2.62. The fraction of sp³-hybridized carbons (Fsp3) is 0.818. The Bertz CT molecular complexity index is 391. The lowest BCUT2D eigenvalue weighted by atomic mass is 10.1. The lowest BCUT2D eigenvalue weighted by molar-refractivity contribution is 0.0189. The van der Waals surface area contributed by atoms with Crippen molar-refractivity contribution in [2.24, 2.45) is 0 Å². The van der Waals surface area contributed by atoms with Gasteiger partial charge < -0.3 is 10.1 Å². The number of nitrogens with zero attached hydrogens (tertiary/aromatic N) is 4. The van der Waals surface area contributed by atoms with Crippen LogP contribution in [0.4, 0.5) is 5.13 Å². The van der Waals surface area contributed by atoms with Gasteiger partial charge in [-0.05, 0) is 0 Å². The van der Waals surface area contributed by atoms with E-state index in [0.29, 0.717) is 12.6 Å². The number of fused-ring (bicyclic) bond motifs is 3. The summed E-state index contributed by atoms with van der Waals surface area (Å²) in [6.07, 6.45) is 0. The van der Waals surface area contributed by atoms with Gasteiger partial charge in [0.2, 0.25) is 5.13 Å². The van der Waals surface area contributed by atoms with Crippen LogP contribution in [0.15, 0.2) is 0 Å². The van der Waals surface area contributed by atoms with Crippen molar-refractivity contribution in [2.45, 2.75) is 12.6 Å². The minimum Gasteiger partial charge on any atom is -0.377 e. The molecule has 100 valence electrons. The van der Waals surface area contributed by atoms with Gasteiger partial charge in [0.25, 0.3) is 0 Å². The van der Waals surface area contributed by atoms with E-state index in [0.717, 1.165) is 17.5 Å². The summed E-state index contributed by atoms with van der Waals surface area (Å²) in [6.45, 7) is 7.49. The topological polar surface area (TPSA) is 53.5 Å². The third kappa shape index (κ3) is 2.64. The maximum Gasteiger partial charge on any atom is 0.202 e. The van der Waals surface area contributed by atoms with Crippen molar-refractivity contribution in [3.63, 3.8) is 0 Å². The smallest absolute Gasteiger partial charge is 0.202 e. The summed E-state index contributed by atoms with van der Waals surface area (Å²) in [4.78, 5) is 9.50. The number of piperazine rings is 3. The molecule has 2 bridgehead atoms. The average molecular weight is 269 g/mol. The molecule has 6 nitrogen and oxygen atoms in total. The second-order valence-electron chi connectivity index (χ2n) is 4.82. The number of nitrogens with one attached hydrogen (secondary N) is 1. The summed E-state index contributed by atoms with van der Waals surface area (Å²) in [7, 11) is 1.66. The molecule has 1 aromatic rings. The van der Waals surface area contributed by atoms with E-state index in [-0.39, 0.29) is 0 Å². The van der Waals surface area contributed by atoms with Crippen LogP contribution in [0.1, 0.15) is 5.82 Å². The fourth-order valence-corrected chi connectivity index (χ4v) is 3.22.